The van der Waals surface area contributed by atoms with Crippen LogP contribution in [-0.4, -0.2) is 0 Å². The maximum Gasteiger partial charge on any atom is 4.00 e. The minimum Gasteiger partial charge on any atom is -1.00 e. The zero-order chi connectivity index (χ0) is 21.6. The van der Waals surface area contributed by atoms with Gasteiger partial charge in [0.1, 0.15) is 0 Å². The number of benzene rings is 4. The third kappa shape index (κ3) is 7.59. The van der Waals surface area contributed by atoms with E-state index in [1.165, 1.54) is 44.5 Å². The van der Waals surface area contributed by atoms with Gasteiger partial charge in [-0.15, -0.1) is 5.56 Å². The maximum atomic E-state index is 3.55. The molecule has 0 amide bonds. The van der Waals surface area contributed by atoms with E-state index in [1.807, 2.05) is 30.3 Å². The van der Waals surface area contributed by atoms with E-state index in [2.05, 4.69) is 97.1 Å². The van der Waals surface area contributed by atoms with Crippen molar-refractivity contribution >= 4 is 0 Å². The Morgan fingerprint density at radius 3 is 1.74 bits per heavy atom. The van der Waals surface area contributed by atoms with E-state index in [0.29, 0.717) is 0 Å². The van der Waals surface area contributed by atoms with Gasteiger partial charge in [0.05, 0.1) is 0 Å². The van der Waals surface area contributed by atoms with Gasteiger partial charge in [0, 0.05) is 0 Å². The third-order valence-electron chi connectivity index (χ3n) is 5.98. The van der Waals surface area contributed by atoms with Gasteiger partial charge in [-0.05, 0) is 30.4 Å². The molecule has 0 saturated heterocycles. The van der Waals surface area contributed by atoms with Gasteiger partial charge in [-0.2, -0.15) is 47.5 Å². The summed E-state index contributed by atoms with van der Waals surface area (Å²) >= 11 is 0. The van der Waals surface area contributed by atoms with Gasteiger partial charge in [-0.3, -0.25) is 0 Å². The van der Waals surface area contributed by atoms with Crippen LogP contribution < -0.4 is 24.8 Å². The van der Waals surface area contributed by atoms with Crippen molar-refractivity contribution in [3.8, 4) is 11.1 Å². The molecule has 35 heavy (non-hydrogen) atoms. The van der Waals surface area contributed by atoms with Crippen LogP contribution in [0.2, 0.25) is 0 Å². The molecule has 172 valence electrons. The quantitative estimate of drug-likeness (QED) is 0.282. The van der Waals surface area contributed by atoms with Crippen LogP contribution in [0.15, 0.2) is 121 Å². The molecule has 0 saturated carbocycles. The van der Waals surface area contributed by atoms with Gasteiger partial charge in [-0.25, -0.2) is 12.1 Å². The van der Waals surface area contributed by atoms with E-state index >= 15 is 0 Å². The van der Waals surface area contributed by atoms with Gasteiger partial charge in [0.25, 0.3) is 0 Å². The number of halogens is 2. The van der Waals surface area contributed by atoms with E-state index in [1.54, 1.807) is 0 Å². The summed E-state index contributed by atoms with van der Waals surface area (Å²) in [5.74, 6) is 0. The molecule has 3 heteroatoms. The topological polar surface area (TPSA) is 0 Å². The second kappa shape index (κ2) is 14.3. The molecule has 0 atom stereocenters. The first kappa shape index (κ1) is 28.9. The average molecular weight is 573 g/mol. The second-order valence-electron chi connectivity index (χ2n) is 8.36. The van der Waals surface area contributed by atoms with Crippen molar-refractivity contribution in [2.24, 2.45) is 0 Å². The molecule has 0 bridgehead atoms. The van der Waals surface area contributed by atoms with E-state index in [-0.39, 0.29) is 51.0 Å². The summed E-state index contributed by atoms with van der Waals surface area (Å²) < 4.78 is 0. The van der Waals surface area contributed by atoms with Crippen molar-refractivity contribution in [1.82, 2.24) is 0 Å². The smallest absolute Gasteiger partial charge is 1.00 e. The largest absolute Gasteiger partial charge is 4.00 e. The fraction of sp³-hybridized carbons (Fsp3) is 0.0938. The van der Waals surface area contributed by atoms with E-state index < -0.39 is 0 Å². The number of hydrogen-bond acceptors (Lipinski definition) is 0. The van der Waals surface area contributed by atoms with Crippen molar-refractivity contribution < 1.29 is 51.0 Å². The summed E-state index contributed by atoms with van der Waals surface area (Å²) in [6, 6.07) is 46.4. The Bertz CT molecular complexity index is 1170. The molecule has 0 aromatic heterocycles. The zero-order valence-corrected chi connectivity index (χ0v) is 23.4. The summed E-state index contributed by atoms with van der Waals surface area (Å²) in [5.41, 5.74) is 10.9. The molecule has 0 nitrogen and oxygen atoms in total. The first-order valence-electron chi connectivity index (χ1n) is 11.3. The Labute approximate surface area is 240 Å². The van der Waals surface area contributed by atoms with Crippen molar-refractivity contribution in [2.45, 2.75) is 19.3 Å². The van der Waals surface area contributed by atoms with Crippen LogP contribution >= 0.6 is 0 Å². The predicted octanol–water partition coefficient (Wildman–Crippen LogP) is 1.65. The Balaban J connectivity index is 0.000000485. The van der Waals surface area contributed by atoms with E-state index in [4.69, 9.17) is 0 Å². The normalized spacial score (nSPS) is 10.3. The predicted molar refractivity (Wildman–Crippen MR) is 134 cm³/mol. The van der Waals surface area contributed by atoms with Crippen LogP contribution in [-0.2, 0) is 45.5 Å². The van der Waals surface area contributed by atoms with Crippen LogP contribution in [0, 0.1) is 6.07 Å². The fourth-order valence-corrected chi connectivity index (χ4v) is 4.37. The van der Waals surface area contributed by atoms with Crippen molar-refractivity contribution in [2.75, 3.05) is 0 Å². The monoisotopic (exact) mass is 570 g/mol. The molecule has 1 aliphatic carbocycles. The van der Waals surface area contributed by atoms with Crippen molar-refractivity contribution in [1.29, 1.82) is 0 Å². The summed E-state index contributed by atoms with van der Waals surface area (Å²) in [7, 11) is 0. The average Bonchev–Trinajstić information content (AvgIpc) is 3.52. The number of hydrogen-bond donors (Lipinski definition) is 0. The van der Waals surface area contributed by atoms with Crippen molar-refractivity contribution in [3.63, 3.8) is 0 Å². The molecule has 0 radical (unpaired) electrons. The van der Waals surface area contributed by atoms with Crippen LogP contribution in [0.3, 0.4) is 0 Å². The van der Waals surface area contributed by atoms with Crippen LogP contribution in [0.25, 0.3) is 11.1 Å². The number of fused-ring (bicyclic) bond motifs is 3. The molecule has 0 fully saturated rings. The molecule has 5 aromatic carbocycles. The Kier molecular flexibility index (Phi) is 11.8. The summed E-state index contributed by atoms with van der Waals surface area (Å²) in [4.78, 5) is 0. The molecule has 0 N–H and O–H groups in total. The minimum atomic E-state index is 0. The van der Waals surface area contributed by atoms with Gasteiger partial charge in [-0.1, -0.05) is 95.6 Å². The van der Waals surface area contributed by atoms with Crippen LogP contribution in [0.4, 0.5) is 0 Å². The number of rotatable bonds is 4. The summed E-state index contributed by atoms with van der Waals surface area (Å²) in [5, 5.41) is 0. The Morgan fingerprint density at radius 2 is 1.17 bits per heavy atom. The van der Waals surface area contributed by atoms with Gasteiger partial charge >= 0.3 is 26.2 Å². The maximum absolute atomic E-state index is 3.55. The molecule has 1 aliphatic rings. The molecular weight excluding hydrogens is 546 g/mol. The molecule has 6 rings (SSSR count). The summed E-state index contributed by atoms with van der Waals surface area (Å²) in [6.45, 7) is 0. The molecule has 0 spiro atoms. The molecule has 0 unspecified atom stereocenters. The SMILES string of the molecule is [Cl-].[Cl-].[Zr+4].[c-]1cc(Cc2ccccc2)cc2c1Cc1ccc(Cc3ccccc3)cc1-2.c1cc[cH-]c1. The van der Waals surface area contributed by atoms with Crippen molar-refractivity contribution in [3.05, 3.63) is 161 Å². The molecule has 5 aromatic rings. The van der Waals surface area contributed by atoms with Crippen LogP contribution in [0.1, 0.15) is 33.4 Å². The molecule has 0 aliphatic heterocycles. The standard InChI is InChI=1S/C27H21.C5H5.2ClH.Zr/c1-3-7-20(8-4-1)15-22-11-13-24-19-25-14-12-23(18-27(25)26(24)17-22)16-21-9-5-2-6-10-21;1-2-4-5-3-1;;;/h1-13,17-18H,15-16,19H2;1-5H;2*1H;/q2*-1;;;+4/p-2. The zero-order valence-electron chi connectivity index (χ0n) is 19.4. The first-order valence-corrected chi connectivity index (χ1v) is 11.3. The van der Waals surface area contributed by atoms with Gasteiger partial charge in [0.2, 0.25) is 0 Å². The first-order chi connectivity index (χ1) is 15.8. The Morgan fingerprint density at radius 1 is 0.600 bits per heavy atom. The Hall–Kier alpha value is -2.31. The molecular formula is C32H26Cl2Zr. The fourth-order valence-electron chi connectivity index (χ4n) is 4.37. The summed E-state index contributed by atoms with van der Waals surface area (Å²) in [6.07, 6.45) is 2.95. The third-order valence-corrected chi connectivity index (χ3v) is 5.98. The van der Waals surface area contributed by atoms with E-state index in [0.717, 1.165) is 19.3 Å². The molecule has 0 heterocycles. The van der Waals surface area contributed by atoms with Gasteiger partial charge < -0.3 is 24.8 Å². The second-order valence-corrected chi connectivity index (χ2v) is 8.36. The van der Waals surface area contributed by atoms with Gasteiger partial charge in [0.15, 0.2) is 0 Å². The van der Waals surface area contributed by atoms with E-state index in [9.17, 15) is 0 Å². The van der Waals surface area contributed by atoms with Crippen LogP contribution in [0.5, 0.6) is 0 Å². The minimum absolute atomic E-state index is 0.